The van der Waals surface area contributed by atoms with Crippen LogP contribution in [0.5, 0.6) is 0 Å². The van der Waals surface area contributed by atoms with E-state index >= 15 is 0 Å². The molecule has 3 rings (SSSR count). The Hall–Kier alpha value is -2.20. The lowest BCUT2D eigenvalue weighted by Crippen LogP contribution is -2.06. The molecule has 0 aliphatic carbocycles. The maximum absolute atomic E-state index is 6.12. The van der Waals surface area contributed by atoms with Gasteiger partial charge < -0.3 is 10.2 Å². The Kier molecular flexibility index (Phi) is 4.15. The van der Waals surface area contributed by atoms with E-state index in [1.54, 1.807) is 6.26 Å². The molecule has 0 saturated carbocycles. The van der Waals surface area contributed by atoms with Gasteiger partial charge in [-0.15, -0.1) is 12.4 Å². The van der Waals surface area contributed by atoms with Gasteiger partial charge in [0.1, 0.15) is 11.5 Å². The first-order valence-electron chi connectivity index (χ1n) is 6.16. The van der Waals surface area contributed by atoms with Crippen molar-refractivity contribution in [2.45, 2.75) is 13.5 Å². The molecule has 1 aromatic carbocycles. The predicted molar refractivity (Wildman–Crippen MR) is 81.9 cm³/mol. The Labute approximate surface area is 123 Å². The zero-order chi connectivity index (χ0) is 13.2. The van der Waals surface area contributed by atoms with Crippen LogP contribution in [0, 0.1) is 6.92 Å². The van der Waals surface area contributed by atoms with Crippen LogP contribution in [0.1, 0.15) is 11.1 Å². The van der Waals surface area contributed by atoms with Gasteiger partial charge >= 0.3 is 0 Å². The molecule has 2 N–H and O–H groups in total. The third-order valence-electron chi connectivity index (χ3n) is 3.17. The van der Waals surface area contributed by atoms with Gasteiger partial charge in [-0.05, 0) is 24.6 Å². The first kappa shape index (κ1) is 14.2. The van der Waals surface area contributed by atoms with Crippen LogP contribution >= 0.6 is 12.4 Å². The van der Waals surface area contributed by atoms with Crippen molar-refractivity contribution in [3.05, 3.63) is 59.9 Å². The fraction of sp³-hybridized carbons (Fsp3) is 0.133. The topological polar surface area (TPSA) is 57.0 Å². The Morgan fingerprint density at radius 1 is 1.15 bits per heavy atom. The third-order valence-corrected chi connectivity index (χ3v) is 3.17. The Balaban J connectivity index is 0.00000147. The molecule has 0 aliphatic heterocycles. The fourth-order valence-electron chi connectivity index (χ4n) is 2.09. The first-order chi connectivity index (χ1) is 9.25. The second-order valence-electron chi connectivity index (χ2n) is 4.48. The van der Waals surface area contributed by atoms with Crippen LogP contribution < -0.4 is 5.73 Å². The molecule has 3 aromatic rings. The van der Waals surface area contributed by atoms with Gasteiger partial charge in [0.15, 0.2) is 5.76 Å². The molecular weight excluding hydrogens is 274 g/mol. The van der Waals surface area contributed by atoms with E-state index in [1.807, 2.05) is 41.9 Å². The fourth-order valence-corrected chi connectivity index (χ4v) is 2.09. The molecule has 2 heterocycles. The molecule has 0 fully saturated rings. The van der Waals surface area contributed by atoms with Crippen LogP contribution in [0.25, 0.3) is 11.5 Å². The van der Waals surface area contributed by atoms with E-state index in [0.717, 1.165) is 17.0 Å². The zero-order valence-electron chi connectivity index (χ0n) is 11.1. The third kappa shape index (κ3) is 2.56. The van der Waals surface area contributed by atoms with Crippen LogP contribution in [-0.2, 0) is 6.54 Å². The molecule has 5 heteroatoms. The van der Waals surface area contributed by atoms with E-state index in [4.69, 9.17) is 10.2 Å². The lowest BCUT2D eigenvalue weighted by molar-refractivity contribution is 0.576. The molecule has 0 aliphatic rings. The normalized spacial score (nSPS) is 10.2. The van der Waals surface area contributed by atoms with Gasteiger partial charge in [-0.25, -0.2) is 4.68 Å². The van der Waals surface area contributed by atoms with Crippen molar-refractivity contribution in [2.24, 2.45) is 0 Å². The van der Waals surface area contributed by atoms with Crippen LogP contribution in [-0.4, -0.2) is 9.78 Å². The second-order valence-corrected chi connectivity index (χ2v) is 4.48. The molecule has 0 atom stereocenters. The van der Waals surface area contributed by atoms with Crippen molar-refractivity contribution in [3.8, 4) is 11.5 Å². The zero-order valence-corrected chi connectivity index (χ0v) is 11.9. The van der Waals surface area contributed by atoms with Crippen molar-refractivity contribution in [2.75, 3.05) is 5.73 Å². The summed E-state index contributed by atoms with van der Waals surface area (Å²) < 4.78 is 7.20. The summed E-state index contributed by atoms with van der Waals surface area (Å²) in [4.78, 5) is 0. The highest BCUT2D eigenvalue weighted by molar-refractivity contribution is 5.85. The van der Waals surface area contributed by atoms with Crippen molar-refractivity contribution in [3.63, 3.8) is 0 Å². The number of nitrogens with zero attached hydrogens (tertiary/aromatic N) is 2. The molecule has 104 valence electrons. The van der Waals surface area contributed by atoms with E-state index in [-0.39, 0.29) is 12.4 Å². The van der Waals surface area contributed by atoms with Crippen molar-refractivity contribution < 1.29 is 4.42 Å². The standard InChI is InChI=1S/C15H15N3O.ClH/c1-11-14(13-8-5-9-19-13)17-18(15(11)16)10-12-6-3-2-4-7-12;/h2-9H,10,16H2,1H3;1H. The van der Waals surface area contributed by atoms with Crippen LogP contribution in [0.4, 0.5) is 5.82 Å². The number of hydrogen-bond donors (Lipinski definition) is 1. The number of nitrogens with two attached hydrogens (primary N) is 1. The number of aromatic nitrogens is 2. The van der Waals surface area contributed by atoms with Crippen LogP contribution in [0.3, 0.4) is 0 Å². The highest BCUT2D eigenvalue weighted by Crippen LogP contribution is 2.26. The minimum atomic E-state index is 0. The summed E-state index contributed by atoms with van der Waals surface area (Å²) in [6.07, 6.45) is 1.64. The highest BCUT2D eigenvalue weighted by Gasteiger charge is 2.15. The van der Waals surface area contributed by atoms with Crippen molar-refractivity contribution >= 4 is 18.2 Å². The van der Waals surface area contributed by atoms with Gasteiger partial charge in [-0.2, -0.15) is 5.10 Å². The lowest BCUT2D eigenvalue weighted by atomic mass is 10.2. The smallest absolute Gasteiger partial charge is 0.154 e. The minimum Gasteiger partial charge on any atom is -0.463 e. The van der Waals surface area contributed by atoms with E-state index in [2.05, 4.69) is 17.2 Å². The van der Waals surface area contributed by atoms with Crippen molar-refractivity contribution in [1.29, 1.82) is 0 Å². The Bertz CT molecular complexity index is 675. The lowest BCUT2D eigenvalue weighted by Gasteiger charge is -2.03. The molecular formula is C15H16ClN3O. The summed E-state index contributed by atoms with van der Waals surface area (Å²) in [7, 11) is 0. The van der Waals surface area contributed by atoms with Gasteiger partial charge in [0.2, 0.25) is 0 Å². The highest BCUT2D eigenvalue weighted by atomic mass is 35.5. The maximum atomic E-state index is 6.12. The molecule has 0 spiro atoms. The van der Waals surface area contributed by atoms with Gasteiger partial charge in [0, 0.05) is 5.56 Å². The summed E-state index contributed by atoms with van der Waals surface area (Å²) in [5.74, 6) is 1.42. The summed E-state index contributed by atoms with van der Waals surface area (Å²) >= 11 is 0. The largest absolute Gasteiger partial charge is 0.463 e. The van der Waals surface area contributed by atoms with E-state index in [9.17, 15) is 0 Å². The SMILES string of the molecule is Cc1c(-c2ccco2)nn(Cc2ccccc2)c1N.Cl. The molecule has 0 radical (unpaired) electrons. The quantitative estimate of drug-likeness (QED) is 0.803. The number of anilines is 1. The predicted octanol–water partition coefficient (Wildman–Crippen LogP) is 3.50. The number of hydrogen-bond acceptors (Lipinski definition) is 3. The van der Waals surface area contributed by atoms with Gasteiger partial charge in [0.25, 0.3) is 0 Å². The number of furan rings is 1. The number of benzene rings is 1. The summed E-state index contributed by atoms with van der Waals surface area (Å²) in [5.41, 5.74) is 9.04. The molecule has 0 saturated heterocycles. The van der Waals surface area contributed by atoms with Crippen molar-refractivity contribution in [1.82, 2.24) is 9.78 Å². The van der Waals surface area contributed by atoms with Crippen LogP contribution in [0.2, 0.25) is 0 Å². The number of nitrogen functional groups attached to an aromatic ring is 1. The minimum absolute atomic E-state index is 0. The second kappa shape index (κ2) is 5.84. The maximum Gasteiger partial charge on any atom is 0.154 e. The molecule has 0 bridgehead atoms. The monoisotopic (exact) mass is 289 g/mol. The first-order valence-corrected chi connectivity index (χ1v) is 6.16. The van der Waals surface area contributed by atoms with Gasteiger partial charge in [-0.3, -0.25) is 0 Å². The molecule has 2 aromatic heterocycles. The average Bonchev–Trinajstić information content (AvgIpc) is 3.04. The van der Waals surface area contributed by atoms with Gasteiger partial charge in [0.05, 0.1) is 12.8 Å². The Morgan fingerprint density at radius 3 is 2.55 bits per heavy atom. The van der Waals surface area contributed by atoms with E-state index in [1.165, 1.54) is 5.56 Å². The Morgan fingerprint density at radius 2 is 1.90 bits per heavy atom. The summed E-state index contributed by atoms with van der Waals surface area (Å²) in [5, 5.41) is 4.54. The summed E-state index contributed by atoms with van der Waals surface area (Å²) in [6, 6.07) is 13.9. The molecule has 4 nitrogen and oxygen atoms in total. The summed E-state index contributed by atoms with van der Waals surface area (Å²) in [6.45, 7) is 2.62. The number of rotatable bonds is 3. The molecule has 20 heavy (non-hydrogen) atoms. The number of halogens is 1. The average molecular weight is 290 g/mol. The van der Waals surface area contributed by atoms with E-state index < -0.39 is 0 Å². The van der Waals surface area contributed by atoms with Gasteiger partial charge in [-0.1, -0.05) is 30.3 Å². The van der Waals surface area contributed by atoms with E-state index in [0.29, 0.717) is 12.4 Å². The molecule has 0 unspecified atom stereocenters. The molecule has 0 amide bonds. The van der Waals surface area contributed by atoms with Crippen LogP contribution in [0.15, 0.2) is 53.1 Å².